The van der Waals surface area contributed by atoms with Crippen LogP contribution in [0.25, 0.3) is 0 Å². The number of carbonyl (C=O) groups excluding carboxylic acids is 1. The summed E-state index contributed by atoms with van der Waals surface area (Å²) in [4.78, 5) is 14.9. The minimum Gasteiger partial charge on any atom is -0.376 e. The number of nitrogens with zero attached hydrogens (tertiary/aromatic N) is 1. The van der Waals surface area contributed by atoms with Gasteiger partial charge in [-0.3, -0.25) is 4.79 Å². The molecule has 0 radical (unpaired) electrons. The fraction of sp³-hybridized carbons (Fsp3) is 0.316. The van der Waals surface area contributed by atoms with Crippen LogP contribution >= 0.6 is 23.2 Å². The van der Waals surface area contributed by atoms with Crippen LogP contribution in [0.5, 0.6) is 0 Å². The zero-order valence-electron chi connectivity index (χ0n) is 13.5. The summed E-state index contributed by atoms with van der Waals surface area (Å²) in [5.41, 5.74) is 2.25. The molecule has 1 fully saturated rings. The quantitative estimate of drug-likeness (QED) is 0.840. The van der Waals surface area contributed by atoms with Gasteiger partial charge >= 0.3 is 0 Å². The van der Waals surface area contributed by atoms with Crippen molar-refractivity contribution in [1.29, 1.82) is 0 Å². The molecule has 1 amide bonds. The van der Waals surface area contributed by atoms with Crippen LogP contribution in [0.2, 0.25) is 10.0 Å². The van der Waals surface area contributed by atoms with E-state index >= 15 is 0 Å². The highest BCUT2D eigenvalue weighted by molar-refractivity contribution is 6.42. The number of hydrogen-bond acceptors (Lipinski definition) is 3. The summed E-state index contributed by atoms with van der Waals surface area (Å²) in [6.45, 7) is 1.27. The largest absolute Gasteiger partial charge is 0.376 e. The molecule has 2 aliphatic heterocycles. The van der Waals surface area contributed by atoms with Crippen molar-refractivity contribution in [2.75, 3.05) is 18.5 Å². The maximum Gasteiger partial charge on any atom is 0.257 e. The molecule has 130 valence electrons. The van der Waals surface area contributed by atoms with Crippen LogP contribution in [0, 0.1) is 0 Å². The topological polar surface area (TPSA) is 41.6 Å². The smallest absolute Gasteiger partial charge is 0.257 e. The lowest BCUT2D eigenvalue weighted by Gasteiger charge is -2.39. The molecule has 25 heavy (non-hydrogen) atoms. The van der Waals surface area contributed by atoms with Gasteiger partial charge in [0.15, 0.2) is 0 Å². The van der Waals surface area contributed by atoms with Gasteiger partial charge in [0.2, 0.25) is 0 Å². The van der Waals surface area contributed by atoms with Gasteiger partial charge in [-0.05, 0) is 31.0 Å². The fourth-order valence-corrected chi connectivity index (χ4v) is 3.88. The van der Waals surface area contributed by atoms with Crippen molar-refractivity contribution in [3.63, 3.8) is 0 Å². The first-order valence-electron chi connectivity index (χ1n) is 8.37. The molecule has 1 N–H and O–H groups in total. The Morgan fingerprint density at radius 2 is 2.00 bits per heavy atom. The lowest BCUT2D eigenvalue weighted by Crippen LogP contribution is -2.46. The summed E-state index contributed by atoms with van der Waals surface area (Å²) in [6.07, 6.45) is 1.66. The zero-order valence-corrected chi connectivity index (χ0v) is 15.1. The third-order valence-electron chi connectivity index (χ3n) is 4.72. The third kappa shape index (κ3) is 3.10. The Morgan fingerprint density at radius 1 is 1.16 bits per heavy atom. The number of fused-ring (bicyclic) bond motifs is 1. The van der Waals surface area contributed by atoms with Crippen LogP contribution in [0.1, 0.15) is 34.9 Å². The molecule has 2 heterocycles. The van der Waals surface area contributed by atoms with Gasteiger partial charge in [-0.15, -0.1) is 0 Å². The van der Waals surface area contributed by atoms with E-state index in [2.05, 4.69) is 5.32 Å². The van der Waals surface area contributed by atoms with Crippen LogP contribution in [0.15, 0.2) is 42.5 Å². The summed E-state index contributed by atoms with van der Waals surface area (Å²) in [5.74, 6) is -0.0223. The average molecular weight is 377 g/mol. The number of para-hydroxylation sites is 1. The lowest BCUT2D eigenvalue weighted by atomic mass is 10.0. The van der Waals surface area contributed by atoms with E-state index in [4.69, 9.17) is 27.9 Å². The maximum absolute atomic E-state index is 13.1. The molecule has 0 bridgehead atoms. The first kappa shape index (κ1) is 16.7. The van der Waals surface area contributed by atoms with Gasteiger partial charge in [0.1, 0.15) is 6.17 Å². The van der Waals surface area contributed by atoms with Crippen molar-refractivity contribution in [3.05, 3.63) is 63.6 Å². The molecular weight excluding hydrogens is 359 g/mol. The van der Waals surface area contributed by atoms with Crippen molar-refractivity contribution in [1.82, 2.24) is 4.90 Å². The van der Waals surface area contributed by atoms with Crippen LogP contribution in [0.3, 0.4) is 0 Å². The van der Waals surface area contributed by atoms with Crippen molar-refractivity contribution in [3.8, 4) is 0 Å². The highest BCUT2D eigenvalue weighted by Gasteiger charge is 2.36. The van der Waals surface area contributed by atoms with E-state index in [1.165, 1.54) is 0 Å². The first-order valence-corrected chi connectivity index (χ1v) is 9.13. The number of ether oxygens (including phenoxy) is 1. The third-order valence-corrected chi connectivity index (χ3v) is 5.56. The number of halogens is 2. The van der Waals surface area contributed by atoms with Crippen LogP contribution in [0.4, 0.5) is 5.69 Å². The summed E-state index contributed by atoms with van der Waals surface area (Å²) in [7, 11) is 0. The van der Waals surface area contributed by atoms with Crippen LogP contribution in [-0.4, -0.2) is 30.1 Å². The molecule has 2 aliphatic rings. The SMILES string of the molecule is O=C1c2ccccc2N[C@H](c2cccc(Cl)c2Cl)N1C[C@@H]1CCCO1. The highest BCUT2D eigenvalue weighted by Crippen LogP contribution is 2.38. The summed E-state index contributed by atoms with van der Waals surface area (Å²) in [6, 6.07) is 13.0. The average Bonchev–Trinajstić information content (AvgIpc) is 3.13. The Balaban J connectivity index is 1.75. The normalized spacial score (nSPS) is 22.6. The zero-order chi connectivity index (χ0) is 17.4. The number of carbonyl (C=O) groups is 1. The Bertz CT molecular complexity index is 806. The van der Waals surface area contributed by atoms with Gasteiger partial charge in [0.25, 0.3) is 5.91 Å². The minimum absolute atomic E-state index is 0.0223. The minimum atomic E-state index is -0.377. The first-order chi connectivity index (χ1) is 12.1. The van der Waals surface area contributed by atoms with E-state index < -0.39 is 0 Å². The number of benzene rings is 2. The number of hydrogen-bond donors (Lipinski definition) is 1. The van der Waals surface area contributed by atoms with Gasteiger partial charge in [0.05, 0.1) is 21.7 Å². The standard InChI is InChI=1S/C19H18Cl2N2O2/c20-15-8-3-7-14(17(15)21)18-22-16-9-2-1-6-13(16)19(24)23(18)11-12-5-4-10-25-12/h1-3,6-9,12,18,22H,4-5,10-11H2/t12-,18-/m0/s1. The monoisotopic (exact) mass is 376 g/mol. The van der Waals surface area contributed by atoms with Crippen molar-refractivity contribution < 1.29 is 9.53 Å². The van der Waals surface area contributed by atoms with E-state index in [9.17, 15) is 4.79 Å². The Labute approximate surface area is 156 Å². The van der Waals surface area contributed by atoms with Gasteiger partial charge in [-0.25, -0.2) is 0 Å². The van der Waals surface area contributed by atoms with Crippen LogP contribution < -0.4 is 5.32 Å². The number of amides is 1. The molecule has 2 aromatic carbocycles. The molecule has 2 atom stereocenters. The Kier molecular flexibility index (Phi) is 4.59. The van der Waals surface area contributed by atoms with Crippen molar-refractivity contribution in [2.45, 2.75) is 25.1 Å². The van der Waals surface area contributed by atoms with Gasteiger partial charge in [-0.2, -0.15) is 0 Å². The number of nitrogens with one attached hydrogen (secondary N) is 1. The molecular formula is C19H18Cl2N2O2. The summed E-state index contributed by atoms with van der Waals surface area (Å²) in [5, 5.41) is 4.38. The molecule has 0 aromatic heterocycles. The van der Waals surface area contributed by atoms with E-state index in [1.54, 1.807) is 11.0 Å². The van der Waals surface area contributed by atoms with Crippen molar-refractivity contribution in [2.24, 2.45) is 0 Å². The van der Waals surface area contributed by atoms with Crippen LogP contribution in [-0.2, 0) is 4.74 Å². The molecule has 1 saturated heterocycles. The molecule has 2 aromatic rings. The van der Waals surface area contributed by atoms with Gasteiger partial charge in [-0.1, -0.05) is 47.5 Å². The second kappa shape index (κ2) is 6.87. The predicted octanol–water partition coefficient (Wildman–Crippen LogP) is 4.74. The molecule has 0 spiro atoms. The summed E-state index contributed by atoms with van der Waals surface area (Å²) >= 11 is 12.6. The lowest BCUT2D eigenvalue weighted by molar-refractivity contribution is 0.0427. The van der Waals surface area contributed by atoms with E-state index in [1.807, 2.05) is 36.4 Å². The van der Waals surface area contributed by atoms with E-state index in [0.29, 0.717) is 22.2 Å². The second-order valence-corrected chi connectivity index (χ2v) is 7.11. The van der Waals surface area contributed by atoms with Gasteiger partial charge in [0, 0.05) is 24.4 Å². The molecule has 0 saturated carbocycles. The maximum atomic E-state index is 13.1. The van der Waals surface area contributed by atoms with E-state index in [-0.39, 0.29) is 18.2 Å². The molecule has 0 aliphatic carbocycles. The Hall–Kier alpha value is -1.75. The summed E-state index contributed by atoms with van der Waals surface area (Å²) < 4.78 is 5.75. The number of anilines is 1. The van der Waals surface area contributed by atoms with Gasteiger partial charge < -0.3 is 15.0 Å². The second-order valence-electron chi connectivity index (χ2n) is 6.33. The fourth-order valence-electron chi connectivity index (χ4n) is 3.47. The molecule has 0 unspecified atom stereocenters. The molecule has 4 nitrogen and oxygen atoms in total. The predicted molar refractivity (Wildman–Crippen MR) is 99.3 cm³/mol. The molecule has 4 rings (SSSR count). The number of rotatable bonds is 3. The highest BCUT2D eigenvalue weighted by atomic mass is 35.5. The Morgan fingerprint density at radius 3 is 2.80 bits per heavy atom. The molecule has 6 heteroatoms. The van der Waals surface area contributed by atoms with E-state index in [0.717, 1.165) is 30.7 Å². The van der Waals surface area contributed by atoms with Crippen molar-refractivity contribution >= 4 is 34.8 Å².